The van der Waals surface area contributed by atoms with Crippen molar-refractivity contribution in [2.45, 2.75) is 47.9 Å². The zero-order chi connectivity index (χ0) is 22.8. The number of rotatable bonds is 4. The number of piperidine rings is 1. The van der Waals surface area contributed by atoms with Crippen molar-refractivity contribution >= 4 is 47.1 Å². The van der Waals surface area contributed by atoms with E-state index in [4.69, 9.17) is 35.8 Å². The molecule has 31 heavy (non-hydrogen) atoms. The van der Waals surface area contributed by atoms with E-state index in [2.05, 4.69) is 15.1 Å². The van der Waals surface area contributed by atoms with Gasteiger partial charge in [-0.25, -0.2) is 36.0 Å². The van der Waals surface area contributed by atoms with Crippen LogP contribution in [0.15, 0.2) is 34.3 Å². The normalized spacial score (nSPS) is 19.9. The van der Waals surface area contributed by atoms with Crippen LogP contribution < -0.4 is 0 Å². The van der Waals surface area contributed by atoms with Crippen LogP contribution >= 0.6 is 0 Å². The minimum atomic E-state index is -4.49. The van der Waals surface area contributed by atoms with Crippen LogP contribution in [0.25, 0.3) is 5.65 Å². The van der Waals surface area contributed by atoms with Gasteiger partial charge in [0.15, 0.2) is 11.5 Å². The Kier molecular flexibility index (Phi) is 5.12. The first-order valence-electron chi connectivity index (χ1n) is 9.08. The monoisotopic (exact) mass is 437 g/mol. The van der Waals surface area contributed by atoms with E-state index in [0.29, 0.717) is 4.31 Å². The van der Waals surface area contributed by atoms with Gasteiger partial charge in [0.2, 0.25) is 0 Å². The number of aryl methyl sites for hydroxylation is 1. The molecule has 3 aromatic rings. The molecule has 0 aliphatic carbocycles. The van der Waals surface area contributed by atoms with Crippen molar-refractivity contribution in [2.24, 2.45) is 0 Å². The Morgan fingerprint density at radius 2 is 1.84 bits per heavy atom. The van der Waals surface area contributed by atoms with Gasteiger partial charge >= 0.3 is 0 Å². The van der Waals surface area contributed by atoms with E-state index in [9.17, 15) is 17.2 Å². The second kappa shape index (κ2) is 7.19. The predicted molar refractivity (Wildman–Crippen MR) is 109 cm³/mol. The lowest BCUT2D eigenvalue weighted by atomic mass is 9.46. The van der Waals surface area contributed by atoms with Gasteiger partial charge in [0.1, 0.15) is 6.33 Å². The maximum Gasteiger partial charge on any atom is 0.276 e. The number of nitrogens with zero attached hydrogens (tertiary/aromatic N) is 5. The zero-order valence-corrected chi connectivity index (χ0v) is 17.1. The minimum Gasteiger partial charge on any atom is -0.428 e. The highest BCUT2D eigenvalue weighted by atomic mass is 32.2. The van der Waals surface area contributed by atoms with Crippen LogP contribution in [0.2, 0.25) is 0 Å². The molecule has 152 valence electrons. The number of alkyl halides is 2. The smallest absolute Gasteiger partial charge is 0.276 e. The van der Waals surface area contributed by atoms with Crippen molar-refractivity contribution in [3.63, 3.8) is 0 Å². The van der Waals surface area contributed by atoms with E-state index < -0.39 is 38.1 Å². The molecule has 0 saturated carbocycles. The molecule has 1 aliphatic rings. The van der Waals surface area contributed by atoms with E-state index in [0.717, 1.165) is 6.20 Å². The van der Waals surface area contributed by atoms with E-state index in [-0.39, 0.29) is 35.5 Å². The molecule has 0 bridgehead atoms. The largest absolute Gasteiger partial charge is 0.428 e. The van der Waals surface area contributed by atoms with Crippen LogP contribution in [-0.2, 0) is 10.0 Å². The third kappa shape index (κ3) is 3.71. The highest BCUT2D eigenvalue weighted by Crippen LogP contribution is 2.46. The van der Waals surface area contributed by atoms with Gasteiger partial charge in [-0.2, -0.15) is 5.10 Å². The van der Waals surface area contributed by atoms with Crippen LogP contribution in [-0.4, -0.2) is 74.4 Å². The molecular formula is C16H13B4F2N5O3S. The number of halogens is 2. The third-order valence-corrected chi connectivity index (χ3v) is 7.01. The van der Waals surface area contributed by atoms with Crippen molar-refractivity contribution in [1.82, 2.24) is 23.9 Å². The number of hydrogen-bond acceptors (Lipinski definition) is 6. The average Bonchev–Trinajstić information content (AvgIpc) is 3.26. The second-order valence-electron chi connectivity index (χ2n) is 7.60. The summed E-state index contributed by atoms with van der Waals surface area (Å²) in [7, 11) is 20.1. The predicted octanol–water partition coefficient (Wildman–Crippen LogP) is 0.513. The number of pyridine rings is 1. The van der Waals surface area contributed by atoms with Crippen LogP contribution in [0.1, 0.15) is 42.2 Å². The Hall–Kier alpha value is -2.14. The molecule has 0 spiro atoms. The molecule has 0 unspecified atom stereocenters. The van der Waals surface area contributed by atoms with Crippen molar-refractivity contribution in [3.05, 3.63) is 41.8 Å². The van der Waals surface area contributed by atoms with E-state index in [1.54, 1.807) is 0 Å². The molecule has 4 heterocycles. The van der Waals surface area contributed by atoms with Gasteiger partial charge in [0, 0.05) is 18.7 Å². The maximum absolute atomic E-state index is 13.8. The Balaban J connectivity index is 1.79. The molecule has 0 amide bonds. The topological polar surface area (TPSA) is 93.6 Å². The molecular weight excluding hydrogens is 424 g/mol. The van der Waals surface area contributed by atoms with Crippen LogP contribution in [0.4, 0.5) is 8.78 Å². The minimum absolute atomic E-state index is 0.0930. The van der Waals surface area contributed by atoms with Crippen LogP contribution in [0, 0.1) is 6.92 Å². The lowest BCUT2D eigenvalue weighted by molar-refractivity contribution is 0.146. The molecule has 15 heteroatoms. The molecule has 0 aromatic carbocycles. The average molecular weight is 437 g/mol. The summed E-state index contributed by atoms with van der Waals surface area (Å²) < 4.78 is 60.8. The number of oxazole rings is 1. The van der Waals surface area contributed by atoms with E-state index in [1.807, 2.05) is 0 Å². The summed E-state index contributed by atoms with van der Waals surface area (Å²) >= 11 is 0. The lowest BCUT2D eigenvalue weighted by Crippen LogP contribution is -2.68. The summed E-state index contributed by atoms with van der Waals surface area (Å²) in [5.74, 6) is -0.707. The van der Waals surface area contributed by atoms with Gasteiger partial charge in [0.25, 0.3) is 21.5 Å². The maximum atomic E-state index is 13.8. The lowest BCUT2D eigenvalue weighted by Gasteiger charge is -2.55. The molecule has 4 rings (SSSR count). The first-order valence-corrected chi connectivity index (χ1v) is 10.5. The molecule has 3 aromatic heterocycles. The van der Waals surface area contributed by atoms with Gasteiger partial charge in [-0.05, 0) is 41.1 Å². The fourth-order valence-electron chi connectivity index (χ4n) is 4.05. The number of hydrogen-bond donors (Lipinski definition) is 0. The van der Waals surface area contributed by atoms with Crippen LogP contribution in [0.5, 0.6) is 0 Å². The van der Waals surface area contributed by atoms with Crippen molar-refractivity contribution in [2.75, 3.05) is 0 Å². The van der Waals surface area contributed by atoms with Crippen molar-refractivity contribution in [3.8, 4) is 0 Å². The first kappa shape index (κ1) is 22.1. The van der Waals surface area contributed by atoms with E-state index >= 15 is 0 Å². The fourth-order valence-corrected chi connectivity index (χ4v) is 5.69. The number of sulfonamides is 1. The summed E-state index contributed by atoms with van der Waals surface area (Å²) in [4.78, 5) is 7.66. The van der Waals surface area contributed by atoms with Gasteiger partial charge in [-0.15, -0.1) is 0 Å². The van der Waals surface area contributed by atoms with Gasteiger partial charge < -0.3 is 4.42 Å². The quantitative estimate of drug-likeness (QED) is 0.554. The molecule has 8 radical (unpaired) electrons. The standard InChI is InChI=1S/C16H13B4F2N5O3S/c1-8-23-5-13(30-8)31(28,29)27-15(17,18)3-9(4-16(27,19)20)11-6-26-12(24-7-25-26)2-10(11)14(21)22/h2,5-7,9,14H,3-4H2,1H3. The summed E-state index contributed by atoms with van der Waals surface area (Å²) in [5.41, 5.74) is 0.0404. The Labute approximate surface area is 182 Å². The highest BCUT2D eigenvalue weighted by molar-refractivity contribution is 7.89. The first-order chi connectivity index (χ1) is 14.3. The van der Waals surface area contributed by atoms with Gasteiger partial charge in [-0.3, -0.25) is 0 Å². The fraction of sp³-hybridized carbons (Fsp3) is 0.438. The SMILES string of the molecule is [B]C1([B])CC(c2cn3ncnc3cc2C(F)F)CC([B])([B])N1S(=O)(=O)c1cnc(C)o1. The molecule has 1 saturated heterocycles. The zero-order valence-electron chi connectivity index (χ0n) is 16.3. The third-order valence-electron chi connectivity index (χ3n) is 5.15. The van der Waals surface area contributed by atoms with Gasteiger partial charge in [0.05, 0.1) is 37.6 Å². The summed E-state index contributed by atoms with van der Waals surface area (Å²) in [6.07, 6.45) is 0.215. The van der Waals surface area contributed by atoms with Crippen molar-refractivity contribution < 1.29 is 21.6 Å². The highest BCUT2D eigenvalue weighted by Gasteiger charge is 2.51. The Bertz CT molecular complexity index is 1230. The van der Waals surface area contributed by atoms with Gasteiger partial charge in [-0.1, -0.05) is 0 Å². The summed E-state index contributed by atoms with van der Waals surface area (Å²) in [6, 6.07) is 1.19. The Morgan fingerprint density at radius 3 is 2.39 bits per heavy atom. The van der Waals surface area contributed by atoms with Crippen LogP contribution in [0.3, 0.4) is 0 Å². The van der Waals surface area contributed by atoms with Crippen molar-refractivity contribution in [1.29, 1.82) is 0 Å². The second-order valence-corrected chi connectivity index (χ2v) is 9.32. The van der Waals surface area contributed by atoms with E-state index in [1.165, 1.54) is 30.0 Å². The number of aromatic nitrogens is 4. The summed E-state index contributed by atoms with van der Waals surface area (Å²) in [6.45, 7) is 1.45. The summed E-state index contributed by atoms with van der Waals surface area (Å²) in [5, 5.41) is -0.832. The molecule has 0 N–H and O–H groups in total. The molecule has 0 atom stereocenters. The molecule has 8 nitrogen and oxygen atoms in total. The molecule has 1 fully saturated rings. The number of fused-ring (bicyclic) bond motifs is 1. The molecule has 1 aliphatic heterocycles. The Morgan fingerprint density at radius 1 is 1.19 bits per heavy atom.